The zero-order valence-electron chi connectivity index (χ0n) is 16.1. The second-order valence-corrected chi connectivity index (χ2v) is 8.61. The molecular weight excluding hydrogens is 364 g/mol. The molecule has 0 saturated heterocycles. The van der Waals surface area contributed by atoms with E-state index in [9.17, 15) is 13.2 Å². The lowest BCUT2D eigenvalue weighted by molar-refractivity contribution is 0.0938. The fourth-order valence-electron chi connectivity index (χ4n) is 2.81. The number of ether oxygens (including phenoxy) is 1. The molecule has 27 heavy (non-hydrogen) atoms. The van der Waals surface area contributed by atoms with E-state index in [-0.39, 0.29) is 22.3 Å². The van der Waals surface area contributed by atoms with Crippen LogP contribution in [-0.2, 0) is 9.84 Å². The van der Waals surface area contributed by atoms with Crippen LogP contribution in [0.25, 0.3) is 0 Å². The molecule has 0 aliphatic heterocycles. The number of carbonyl (C=O) groups excluding carboxylic acids is 1. The van der Waals surface area contributed by atoms with E-state index in [1.54, 1.807) is 26.2 Å². The maximum atomic E-state index is 12.7. The lowest BCUT2D eigenvalue weighted by atomic mass is 10.1. The van der Waals surface area contributed by atoms with Crippen molar-refractivity contribution in [1.29, 1.82) is 0 Å². The Kier molecular flexibility index (Phi) is 6.98. The van der Waals surface area contributed by atoms with Crippen molar-refractivity contribution >= 4 is 15.7 Å². The summed E-state index contributed by atoms with van der Waals surface area (Å²) in [6, 6.07) is 13.9. The van der Waals surface area contributed by atoms with Crippen LogP contribution in [0.5, 0.6) is 5.75 Å². The molecule has 2 rings (SSSR count). The molecule has 0 fully saturated rings. The summed E-state index contributed by atoms with van der Waals surface area (Å²) in [5.41, 5.74) is 1.16. The highest BCUT2D eigenvalue weighted by atomic mass is 32.2. The number of carbonyl (C=O) groups is 1. The number of hydrogen-bond acceptors (Lipinski definition) is 5. The summed E-state index contributed by atoms with van der Waals surface area (Å²) in [7, 11) is 1.97. The van der Waals surface area contributed by atoms with Gasteiger partial charge < -0.3 is 15.0 Å². The van der Waals surface area contributed by atoms with Crippen molar-refractivity contribution in [2.45, 2.75) is 17.9 Å². The molecular formula is C20H26N2O4S. The zero-order valence-corrected chi connectivity index (χ0v) is 16.9. The third kappa shape index (κ3) is 5.08. The summed E-state index contributed by atoms with van der Waals surface area (Å²) >= 11 is 0. The lowest BCUT2D eigenvalue weighted by Crippen LogP contribution is -2.35. The van der Waals surface area contributed by atoms with E-state index in [1.807, 2.05) is 43.3 Å². The van der Waals surface area contributed by atoms with E-state index in [0.717, 1.165) is 11.3 Å². The molecule has 6 nitrogen and oxygen atoms in total. The maximum absolute atomic E-state index is 12.7. The first kappa shape index (κ1) is 20.9. The first-order valence-corrected chi connectivity index (χ1v) is 10.4. The number of hydrogen-bond donors (Lipinski definition) is 1. The second kappa shape index (κ2) is 9.01. The van der Waals surface area contributed by atoms with Gasteiger partial charge in [-0.1, -0.05) is 31.2 Å². The van der Waals surface area contributed by atoms with Crippen LogP contribution in [0.15, 0.2) is 53.4 Å². The molecule has 1 atom stereocenters. The number of rotatable bonds is 8. The van der Waals surface area contributed by atoms with E-state index in [0.29, 0.717) is 6.54 Å². The van der Waals surface area contributed by atoms with Crippen LogP contribution in [0, 0.1) is 0 Å². The average Bonchev–Trinajstić information content (AvgIpc) is 2.67. The number of methoxy groups -OCH3 is 1. The van der Waals surface area contributed by atoms with Gasteiger partial charge in [0.25, 0.3) is 5.91 Å². The van der Waals surface area contributed by atoms with Gasteiger partial charge in [-0.3, -0.25) is 4.79 Å². The van der Waals surface area contributed by atoms with Gasteiger partial charge in [0.05, 0.1) is 29.4 Å². The molecule has 7 heteroatoms. The Hall–Kier alpha value is -2.38. The van der Waals surface area contributed by atoms with Crippen molar-refractivity contribution < 1.29 is 17.9 Å². The number of benzene rings is 2. The van der Waals surface area contributed by atoms with Crippen molar-refractivity contribution in [3.63, 3.8) is 0 Å². The molecule has 2 aromatic carbocycles. The van der Waals surface area contributed by atoms with Gasteiger partial charge in [-0.15, -0.1) is 0 Å². The van der Waals surface area contributed by atoms with Crippen LogP contribution < -0.4 is 10.1 Å². The van der Waals surface area contributed by atoms with Crippen LogP contribution in [-0.4, -0.2) is 52.7 Å². The average molecular weight is 391 g/mol. The number of sulfone groups is 1. The van der Waals surface area contributed by atoms with Crippen molar-refractivity contribution in [1.82, 2.24) is 10.2 Å². The standard InChI is InChI=1S/C20H26N2O4S/c1-5-27(24,25)19-12-7-6-11-17(19)20(23)21-14-18(22(2)3)15-9-8-10-16(13-15)26-4/h6-13,18H,5,14H2,1-4H3,(H,21,23). The van der Waals surface area contributed by atoms with Crippen molar-refractivity contribution in [2.24, 2.45) is 0 Å². The minimum atomic E-state index is -3.48. The third-order valence-corrected chi connectivity index (χ3v) is 6.19. The quantitative estimate of drug-likeness (QED) is 0.750. The highest BCUT2D eigenvalue weighted by Gasteiger charge is 2.22. The van der Waals surface area contributed by atoms with Crippen molar-refractivity contribution in [3.8, 4) is 5.75 Å². The van der Waals surface area contributed by atoms with Crippen molar-refractivity contribution in [3.05, 3.63) is 59.7 Å². The van der Waals surface area contributed by atoms with E-state index < -0.39 is 15.7 Å². The van der Waals surface area contributed by atoms with Gasteiger partial charge in [-0.25, -0.2) is 8.42 Å². The Bertz CT molecular complexity index is 894. The first-order chi connectivity index (χ1) is 12.8. The number of nitrogens with zero attached hydrogens (tertiary/aromatic N) is 1. The molecule has 0 aliphatic carbocycles. The Morgan fingerprint density at radius 1 is 1.15 bits per heavy atom. The number of likely N-dealkylation sites (N-methyl/N-ethyl adjacent to an activating group) is 1. The molecule has 0 aromatic heterocycles. The largest absolute Gasteiger partial charge is 0.497 e. The smallest absolute Gasteiger partial charge is 0.252 e. The Morgan fingerprint density at radius 3 is 2.48 bits per heavy atom. The molecule has 0 aliphatic rings. The highest BCUT2D eigenvalue weighted by Crippen LogP contribution is 2.23. The van der Waals surface area contributed by atoms with Gasteiger partial charge in [-0.2, -0.15) is 0 Å². The van der Waals surface area contributed by atoms with Gasteiger partial charge in [0.2, 0.25) is 0 Å². The van der Waals surface area contributed by atoms with Gasteiger partial charge in [0.15, 0.2) is 9.84 Å². The topological polar surface area (TPSA) is 75.7 Å². The predicted molar refractivity (Wildman–Crippen MR) is 106 cm³/mol. The summed E-state index contributed by atoms with van der Waals surface area (Å²) < 4.78 is 29.8. The minimum Gasteiger partial charge on any atom is -0.497 e. The number of nitrogens with one attached hydrogen (secondary N) is 1. The van der Waals surface area contributed by atoms with Gasteiger partial charge in [0, 0.05) is 6.54 Å². The fraction of sp³-hybridized carbons (Fsp3) is 0.350. The van der Waals surface area contributed by atoms with Crippen LogP contribution in [0.1, 0.15) is 28.9 Å². The van der Waals surface area contributed by atoms with E-state index in [2.05, 4.69) is 5.32 Å². The van der Waals surface area contributed by atoms with Crippen LogP contribution in [0.4, 0.5) is 0 Å². The van der Waals surface area contributed by atoms with Gasteiger partial charge in [0.1, 0.15) is 5.75 Å². The summed E-state index contributed by atoms with van der Waals surface area (Å²) in [4.78, 5) is 14.7. The highest BCUT2D eigenvalue weighted by molar-refractivity contribution is 7.91. The SMILES string of the molecule is CCS(=O)(=O)c1ccccc1C(=O)NCC(c1cccc(OC)c1)N(C)C. The minimum absolute atomic E-state index is 0.0541. The molecule has 146 valence electrons. The van der Waals surface area contributed by atoms with Crippen LogP contribution in [0.3, 0.4) is 0 Å². The Labute approximate surface area is 161 Å². The zero-order chi connectivity index (χ0) is 20.0. The Morgan fingerprint density at radius 2 is 1.85 bits per heavy atom. The monoisotopic (exact) mass is 390 g/mol. The van der Waals surface area contributed by atoms with E-state index in [1.165, 1.54) is 12.1 Å². The van der Waals surface area contributed by atoms with E-state index in [4.69, 9.17) is 4.74 Å². The molecule has 1 N–H and O–H groups in total. The third-order valence-electron chi connectivity index (χ3n) is 4.40. The first-order valence-electron chi connectivity index (χ1n) is 8.70. The molecule has 1 unspecified atom stereocenters. The molecule has 0 spiro atoms. The molecule has 0 bridgehead atoms. The summed E-state index contributed by atoms with van der Waals surface area (Å²) in [5, 5.41) is 2.87. The molecule has 1 amide bonds. The predicted octanol–water partition coefficient (Wildman–Crippen LogP) is 2.52. The molecule has 0 heterocycles. The van der Waals surface area contributed by atoms with Gasteiger partial charge >= 0.3 is 0 Å². The summed E-state index contributed by atoms with van der Waals surface area (Å²) in [6.45, 7) is 1.90. The normalized spacial score (nSPS) is 12.6. The Balaban J connectivity index is 2.23. The molecule has 0 saturated carbocycles. The van der Waals surface area contributed by atoms with Crippen molar-refractivity contribution in [2.75, 3.05) is 33.5 Å². The fourth-order valence-corrected chi connectivity index (χ4v) is 3.91. The molecule has 2 aromatic rings. The second-order valence-electron chi connectivity index (χ2n) is 6.37. The van der Waals surface area contributed by atoms with E-state index >= 15 is 0 Å². The van der Waals surface area contributed by atoms with Gasteiger partial charge in [-0.05, 0) is 43.9 Å². The van der Waals surface area contributed by atoms with Crippen LogP contribution in [0.2, 0.25) is 0 Å². The summed E-state index contributed by atoms with van der Waals surface area (Å²) in [6.07, 6.45) is 0. The van der Waals surface area contributed by atoms with Crippen LogP contribution >= 0.6 is 0 Å². The summed E-state index contributed by atoms with van der Waals surface area (Å²) in [5.74, 6) is 0.281. The molecule has 0 radical (unpaired) electrons. The maximum Gasteiger partial charge on any atom is 0.252 e. The lowest BCUT2D eigenvalue weighted by Gasteiger charge is -2.25. The number of amides is 1.